The number of halogens is 3. The number of aromatic amines is 2. The Balaban J connectivity index is 1.95. The van der Waals surface area contributed by atoms with Crippen molar-refractivity contribution in [1.29, 1.82) is 0 Å². The van der Waals surface area contributed by atoms with E-state index in [2.05, 4.69) is 21.1 Å². The summed E-state index contributed by atoms with van der Waals surface area (Å²) in [6.07, 6.45) is -2.45. The third kappa shape index (κ3) is 4.16. The number of aryl methyl sites for hydroxylation is 2. The van der Waals surface area contributed by atoms with Gasteiger partial charge in [0.15, 0.2) is 0 Å². The van der Waals surface area contributed by atoms with Gasteiger partial charge in [-0.1, -0.05) is 24.1 Å². The number of hydrogen-bond donors (Lipinski definition) is 3. The molecule has 11 heteroatoms. The molecule has 0 amide bonds. The first kappa shape index (κ1) is 24.8. The van der Waals surface area contributed by atoms with Crippen LogP contribution in [-0.4, -0.2) is 43.6 Å². The van der Waals surface area contributed by atoms with Crippen LogP contribution >= 0.6 is 0 Å². The number of aliphatic hydroxyl groups is 1. The molecule has 3 heterocycles. The predicted octanol–water partition coefficient (Wildman–Crippen LogP) is 3.54. The van der Waals surface area contributed by atoms with Crippen LogP contribution in [-0.2, 0) is 17.4 Å². The van der Waals surface area contributed by atoms with Crippen LogP contribution in [0.25, 0.3) is 22.2 Å². The fourth-order valence-corrected chi connectivity index (χ4v) is 3.89. The Morgan fingerprint density at radius 2 is 2.03 bits per heavy atom. The van der Waals surface area contributed by atoms with Crippen LogP contribution in [0.5, 0.6) is 0 Å². The second-order valence-electron chi connectivity index (χ2n) is 8.05. The Morgan fingerprint density at radius 1 is 1.28 bits per heavy atom. The average molecular weight is 498 g/mol. The number of pyridine rings is 1. The Labute approximate surface area is 202 Å². The van der Waals surface area contributed by atoms with E-state index >= 15 is 0 Å². The van der Waals surface area contributed by atoms with Gasteiger partial charge in [0.1, 0.15) is 5.52 Å². The van der Waals surface area contributed by atoms with Gasteiger partial charge in [-0.15, -0.1) is 0 Å². The van der Waals surface area contributed by atoms with E-state index in [0.717, 1.165) is 16.7 Å². The molecule has 0 spiro atoms. The maximum absolute atomic E-state index is 14.2. The van der Waals surface area contributed by atoms with Gasteiger partial charge in [0, 0.05) is 41.6 Å². The lowest BCUT2D eigenvalue weighted by Crippen LogP contribution is -2.41. The van der Waals surface area contributed by atoms with Crippen molar-refractivity contribution in [3.05, 3.63) is 75.5 Å². The van der Waals surface area contributed by atoms with Gasteiger partial charge in [0.25, 0.3) is 5.56 Å². The summed E-state index contributed by atoms with van der Waals surface area (Å²) >= 11 is 0. The first-order chi connectivity index (χ1) is 17.0. The summed E-state index contributed by atoms with van der Waals surface area (Å²) in [5.41, 5.74) is -3.64. The molecule has 36 heavy (non-hydrogen) atoms. The maximum atomic E-state index is 14.2. The molecule has 1 unspecified atom stereocenters. The van der Waals surface area contributed by atoms with Crippen LogP contribution in [0.4, 0.5) is 13.2 Å². The molecule has 0 radical (unpaired) electrons. The van der Waals surface area contributed by atoms with E-state index in [-0.39, 0.29) is 28.6 Å². The second kappa shape index (κ2) is 9.05. The average Bonchev–Trinajstić information content (AvgIpc) is 3.48. The number of carbonyl (C=O) groups excluding carboxylic acids is 1. The number of nitrogens with zero attached hydrogens (tertiary/aromatic N) is 2. The first-order valence-corrected chi connectivity index (χ1v) is 10.8. The number of hydrogen-bond acceptors (Lipinski definition) is 5. The number of aromatic nitrogens is 4. The van der Waals surface area contributed by atoms with E-state index in [1.54, 1.807) is 19.1 Å². The molecular formula is C25H21F3N4O4. The fourth-order valence-electron chi connectivity index (χ4n) is 3.89. The van der Waals surface area contributed by atoms with Crippen molar-refractivity contribution in [1.82, 2.24) is 19.7 Å². The smallest absolute Gasteiger partial charge is 0.433 e. The summed E-state index contributed by atoms with van der Waals surface area (Å²) in [4.78, 5) is 28.0. The summed E-state index contributed by atoms with van der Waals surface area (Å²) < 4.78 is 48.9. The van der Waals surface area contributed by atoms with Crippen molar-refractivity contribution in [3.8, 4) is 23.1 Å². The molecule has 0 aliphatic carbocycles. The van der Waals surface area contributed by atoms with Gasteiger partial charge in [0.05, 0.1) is 23.4 Å². The first-order valence-electron chi connectivity index (χ1n) is 10.8. The van der Waals surface area contributed by atoms with Gasteiger partial charge >= 0.3 is 12.1 Å². The summed E-state index contributed by atoms with van der Waals surface area (Å²) in [5, 5.41) is 17.4. The molecule has 186 valence electrons. The molecule has 3 N–H and O–H groups in total. The minimum absolute atomic E-state index is 0.00933. The largest absolute Gasteiger partial charge is 0.462 e. The van der Waals surface area contributed by atoms with E-state index in [4.69, 9.17) is 4.74 Å². The predicted molar refractivity (Wildman–Crippen MR) is 125 cm³/mol. The van der Waals surface area contributed by atoms with Crippen molar-refractivity contribution in [3.63, 3.8) is 0 Å². The third-order valence-corrected chi connectivity index (χ3v) is 5.66. The van der Waals surface area contributed by atoms with Gasteiger partial charge in [-0.3, -0.25) is 9.89 Å². The molecule has 1 atom stereocenters. The maximum Gasteiger partial charge on any atom is 0.433 e. The summed E-state index contributed by atoms with van der Waals surface area (Å²) in [6, 6.07) is 6.74. The monoisotopic (exact) mass is 498 g/mol. The molecule has 1 aromatic carbocycles. The van der Waals surface area contributed by atoms with Gasteiger partial charge in [-0.05, 0) is 31.9 Å². The van der Waals surface area contributed by atoms with E-state index in [1.807, 2.05) is 5.92 Å². The number of benzene rings is 1. The number of H-pyrrole nitrogens is 2. The molecule has 8 nitrogen and oxygen atoms in total. The highest BCUT2D eigenvalue weighted by Crippen LogP contribution is 2.40. The molecule has 0 fully saturated rings. The Morgan fingerprint density at radius 3 is 2.67 bits per heavy atom. The highest BCUT2D eigenvalue weighted by molar-refractivity contribution is 6.07. The van der Waals surface area contributed by atoms with Crippen LogP contribution in [0, 0.1) is 18.8 Å². The van der Waals surface area contributed by atoms with Crippen LogP contribution in [0.2, 0.25) is 0 Å². The van der Waals surface area contributed by atoms with Crippen molar-refractivity contribution >= 4 is 16.9 Å². The topological polar surface area (TPSA) is 113 Å². The van der Waals surface area contributed by atoms with Gasteiger partial charge < -0.3 is 19.4 Å². The van der Waals surface area contributed by atoms with Crippen LogP contribution in [0.3, 0.4) is 0 Å². The number of carbonyl (C=O) groups is 1. The van der Waals surface area contributed by atoms with Gasteiger partial charge in [-0.25, -0.2) is 4.79 Å². The van der Waals surface area contributed by atoms with Crippen molar-refractivity contribution < 1.29 is 27.8 Å². The lowest BCUT2D eigenvalue weighted by Gasteiger charge is -2.26. The van der Waals surface area contributed by atoms with E-state index in [0.29, 0.717) is 17.0 Å². The Hall–Kier alpha value is -4.30. The Bertz CT molecular complexity index is 1570. The fraction of sp³-hybridized carbons (Fsp3) is 0.240. The molecule has 0 saturated heterocycles. The molecule has 4 rings (SSSR count). The molecule has 0 bridgehead atoms. The molecule has 4 aromatic rings. The molecule has 3 aromatic heterocycles. The molecule has 0 aliphatic heterocycles. The molecular weight excluding hydrogens is 477 g/mol. The van der Waals surface area contributed by atoms with Crippen molar-refractivity contribution in [2.75, 3.05) is 6.61 Å². The summed E-state index contributed by atoms with van der Waals surface area (Å²) in [7, 11) is 1.40. The summed E-state index contributed by atoms with van der Waals surface area (Å²) in [5.74, 6) is 3.58. The zero-order valence-electron chi connectivity index (χ0n) is 19.4. The van der Waals surface area contributed by atoms with Gasteiger partial charge in [0.2, 0.25) is 5.60 Å². The number of esters is 1. The van der Waals surface area contributed by atoms with Crippen LogP contribution < -0.4 is 5.56 Å². The highest BCUT2D eigenvalue weighted by atomic mass is 19.4. The SMILES string of the molecule is CCOC(=O)c1c(C)[nH]c2c(=O)n(C)cc(C#CC(O)(c3cccc(-c4cc[nH]n4)c3)C(F)(F)F)c12. The molecule has 0 saturated carbocycles. The normalized spacial score (nSPS) is 13.2. The summed E-state index contributed by atoms with van der Waals surface area (Å²) in [6.45, 7) is 3.19. The van der Waals surface area contributed by atoms with E-state index < -0.39 is 28.9 Å². The number of ether oxygens (including phenoxy) is 1. The van der Waals surface area contributed by atoms with Crippen molar-refractivity contribution in [2.45, 2.75) is 25.6 Å². The highest BCUT2D eigenvalue weighted by Gasteiger charge is 2.54. The van der Waals surface area contributed by atoms with Crippen molar-refractivity contribution in [2.24, 2.45) is 7.05 Å². The van der Waals surface area contributed by atoms with E-state index in [1.165, 1.54) is 32.4 Å². The lowest BCUT2D eigenvalue weighted by molar-refractivity contribution is -0.240. The number of rotatable bonds is 4. The lowest BCUT2D eigenvalue weighted by atomic mass is 9.91. The van der Waals surface area contributed by atoms with Crippen LogP contribution in [0.1, 0.15) is 34.1 Å². The van der Waals surface area contributed by atoms with Crippen LogP contribution in [0.15, 0.2) is 47.5 Å². The second-order valence-corrected chi connectivity index (χ2v) is 8.05. The standard InChI is InChI=1S/C25H21F3N4O4/c1-4-36-23(34)19-14(2)30-21-20(19)16(13-32(3)22(21)33)8-10-24(35,25(26,27)28)17-7-5-6-15(12-17)18-9-11-29-31-18/h5-7,9,11-13,30,35H,4H2,1-3H3,(H,29,31). The van der Waals surface area contributed by atoms with E-state index in [9.17, 15) is 27.9 Å². The van der Waals surface area contributed by atoms with Gasteiger partial charge in [-0.2, -0.15) is 18.3 Å². The zero-order chi connectivity index (χ0) is 26.3. The number of fused-ring (bicyclic) bond motifs is 1. The number of nitrogens with one attached hydrogen (secondary N) is 2. The minimum Gasteiger partial charge on any atom is -0.462 e. The Kier molecular flexibility index (Phi) is 6.24. The minimum atomic E-state index is -5.18. The zero-order valence-corrected chi connectivity index (χ0v) is 19.4. The quantitative estimate of drug-likeness (QED) is 0.294. The third-order valence-electron chi connectivity index (χ3n) is 5.66. The molecule has 0 aliphatic rings. The number of alkyl halides is 3.